The summed E-state index contributed by atoms with van der Waals surface area (Å²) in [6, 6.07) is 1.18. The van der Waals surface area contributed by atoms with Crippen LogP contribution in [0.1, 0.15) is 6.92 Å². The lowest BCUT2D eigenvalue weighted by molar-refractivity contribution is 0.312. The number of anilines is 1. The molecule has 0 amide bonds. The van der Waals surface area contributed by atoms with Crippen LogP contribution in [0.4, 0.5) is 10.1 Å². The number of benzene rings is 1. The van der Waals surface area contributed by atoms with Gasteiger partial charge in [0, 0.05) is 32.7 Å². The van der Waals surface area contributed by atoms with E-state index < -0.39 is 16.8 Å². The molecule has 1 N–H and O–H groups in total. The second-order valence-corrected chi connectivity index (χ2v) is 6.87. The van der Waals surface area contributed by atoms with Crippen molar-refractivity contribution < 1.29 is 8.91 Å². The molecular formula is C17H18ClFN4O3. The molecule has 1 aromatic carbocycles. The summed E-state index contributed by atoms with van der Waals surface area (Å²) >= 11 is 6.59. The molecule has 26 heavy (non-hydrogen) atoms. The molecule has 1 fully saturated rings. The van der Waals surface area contributed by atoms with Gasteiger partial charge >= 0.3 is 0 Å². The Bertz CT molecular complexity index is 1130. The van der Waals surface area contributed by atoms with E-state index in [0.29, 0.717) is 25.2 Å². The molecular weight excluding hydrogens is 363 g/mol. The van der Waals surface area contributed by atoms with E-state index in [1.165, 1.54) is 6.07 Å². The summed E-state index contributed by atoms with van der Waals surface area (Å²) in [5.74, 6) is -0.564. The van der Waals surface area contributed by atoms with Crippen molar-refractivity contribution >= 4 is 39.3 Å². The first-order valence-electron chi connectivity index (χ1n) is 8.43. The van der Waals surface area contributed by atoms with Gasteiger partial charge < -0.3 is 18.9 Å². The number of aromatic nitrogens is 2. The normalized spacial score (nSPS) is 16.1. The predicted molar refractivity (Wildman–Crippen MR) is 99.0 cm³/mol. The van der Waals surface area contributed by atoms with Crippen molar-refractivity contribution in [2.45, 2.75) is 13.5 Å². The van der Waals surface area contributed by atoms with Gasteiger partial charge in [0.15, 0.2) is 5.39 Å². The average Bonchev–Trinajstić information content (AvgIpc) is 3.00. The van der Waals surface area contributed by atoms with E-state index in [1.54, 1.807) is 4.57 Å². The number of pyridine rings is 1. The summed E-state index contributed by atoms with van der Waals surface area (Å²) in [6.45, 7) is 5.10. The molecule has 0 unspecified atom stereocenters. The highest BCUT2D eigenvalue weighted by atomic mass is 35.5. The molecule has 1 aliphatic heterocycles. The molecule has 0 radical (unpaired) electrons. The molecule has 0 saturated carbocycles. The first-order chi connectivity index (χ1) is 12.4. The number of hydrogen-bond acceptors (Lipinski definition) is 5. The van der Waals surface area contributed by atoms with Crippen LogP contribution in [0, 0.1) is 5.82 Å². The SMILES string of the molecule is CCn1c2o[nH]c(=O)c2c(=O)c2cc(F)c(N3CCN(C)CC3)c(Cl)c21. The van der Waals surface area contributed by atoms with Crippen LogP contribution in [0.3, 0.4) is 0 Å². The minimum Gasteiger partial charge on any atom is -0.365 e. The van der Waals surface area contributed by atoms with Crippen molar-refractivity contribution in [2.75, 3.05) is 38.1 Å². The number of nitrogens with zero attached hydrogens (tertiary/aromatic N) is 3. The lowest BCUT2D eigenvalue weighted by atomic mass is 10.1. The van der Waals surface area contributed by atoms with Gasteiger partial charge in [0.05, 0.1) is 21.6 Å². The van der Waals surface area contributed by atoms with Gasteiger partial charge in [0.2, 0.25) is 11.1 Å². The van der Waals surface area contributed by atoms with Crippen LogP contribution in [0.5, 0.6) is 0 Å². The second-order valence-electron chi connectivity index (χ2n) is 6.49. The quantitative estimate of drug-likeness (QED) is 0.736. The highest BCUT2D eigenvalue weighted by Crippen LogP contribution is 2.36. The van der Waals surface area contributed by atoms with Crippen molar-refractivity contribution in [2.24, 2.45) is 0 Å². The third-order valence-electron chi connectivity index (χ3n) is 4.97. The Morgan fingerprint density at radius 2 is 1.96 bits per heavy atom. The average molecular weight is 381 g/mol. The monoisotopic (exact) mass is 380 g/mol. The maximum absolute atomic E-state index is 14.9. The van der Waals surface area contributed by atoms with E-state index in [0.717, 1.165) is 13.1 Å². The summed E-state index contributed by atoms with van der Waals surface area (Å²) in [6.07, 6.45) is 0. The van der Waals surface area contributed by atoms with Gasteiger partial charge in [-0.25, -0.2) is 4.39 Å². The summed E-state index contributed by atoms with van der Waals surface area (Å²) < 4.78 is 21.7. The summed E-state index contributed by atoms with van der Waals surface area (Å²) in [7, 11) is 2.01. The van der Waals surface area contributed by atoms with Crippen LogP contribution in [0.2, 0.25) is 5.02 Å². The zero-order chi connectivity index (χ0) is 18.6. The van der Waals surface area contributed by atoms with E-state index in [1.807, 2.05) is 18.9 Å². The number of fused-ring (bicyclic) bond motifs is 2. The standard InChI is InChI=1S/C17H18ClFN4O3/c1-3-23-13-9(15(24)11-16(25)20-26-17(11)23)8-10(19)14(12(13)18)22-6-4-21(2)5-7-22/h8H,3-7H2,1-2H3,(H,20,25). The molecule has 0 bridgehead atoms. The van der Waals surface area contributed by atoms with Crippen molar-refractivity contribution in [3.8, 4) is 0 Å². The smallest absolute Gasteiger partial charge is 0.293 e. The number of piperazine rings is 1. The molecule has 1 saturated heterocycles. The van der Waals surface area contributed by atoms with Crippen molar-refractivity contribution in [1.29, 1.82) is 0 Å². The van der Waals surface area contributed by atoms with Crippen LogP contribution < -0.4 is 15.9 Å². The van der Waals surface area contributed by atoms with Crippen molar-refractivity contribution in [3.05, 3.63) is 37.5 Å². The first-order valence-corrected chi connectivity index (χ1v) is 8.81. The number of likely N-dealkylation sites (N-methyl/N-ethyl adjacent to an activating group) is 1. The molecule has 0 spiro atoms. The van der Waals surface area contributed by atoms with Gasteiger partial charge in [-0.15, -0.1) is 0 Å². The number of nitrogens with one attached hydrogen (secondary N) is 1. The molecule has 7 nitrogen and oxygen atoms in total. The zero-order valence-electron chi connectivity index (χ0n) is 14.4. The molecule has 2 aromatic heterocycles. The fraction of sp³-hybridized carbons (Fsp3) is 0.412. The molecule has 1 aliphatic rings. The molecule has 3 aromatic rings. The van der Waals surface area contributed by atoms with Crippen LogP contribution in [-0.2, 0) is 6.54 Å². The third kappa shape index (κ3) is 2.36. The Hall–Kier alpha value is -2.32. The molecule has 138 valence electrons. The highest BCUT2D eigenvalue weighted by Gasteiger charge is 2.26. The number of halogens is 2. The van der Waals surface area contributed by atoms with E-state index in [2.05, 4.69) is 10.1 Å². The van der Waals surface area contributed by atoms with Gasteiger partial charge in [0.1, 0.15) is 5.82 Å². The van der Waals surface area contributed by atoms with Gasteiger partial charge in [-0.1, -0.05) is 11.6 Å². The Kier molecular flexibility index (Phi) is 4.04. The third-order valence-corrected chi connectivity index (χ3v) is 5.33. The Balaban J connectivity index is 2.07. The lowest BCUT2D eigenvalue weighted by Gasteiger charge is -2.35. The largest absolute Gasteiger partial charge is 0.365 e. The van der Waals surface area contributed by atoms with E-state index >= 15 is 0 Å². The number of hydrogen-bond donors (Lipinski definition) is 1. The van der Waals surface area contributed by atoms with Crippen molar-refractivity contribution in [3.63, 3.8) is 0 Å². The topological polar surface area (TPSA) is 74.5 Å². The Labute approximate surface area is 152 Å². The Morgan fingerprint density at radius 3 is 2.62 bits per heavy atom. The summed E-state index contributed by atoms with van der Waals surface area (Å²) in [5.41, 5.74) is -0.433. The molecule has 0 atom stereocenters. The van der Waals surface area contributed by atoms with Gasteiger partial charge in [0.25, 0.3) is 5.56 Å². The van der Waals surface area contributed by atoms with E-state index in [-0.39, 0.29) is 27.2 Å². The molecule has 0 aliphatic carbocycles. The van der Waals surface area contributed by atoms with Crippen molar-refractivity contribution in [1.82, 2.24) is 14.6 Å². The van der Waals surface area contributed by atoms with Crippen LogP contribution in [0.15, 0.2) is 20.2 Å². The number of H-pyrrole nitrogens is 1. The summed E-state index contributed by atoms with van der Waals surface area (Å²) in [4.78, 5) is 28.7. The van der Waals surface area contributed by atoms with Crippen LogP contribution in [-0.4, -0.2) is 47.9 Å². The number of rotatable bonds is 2. The van der Waals surface area contributed by atoms with Crippen LogP contribution >= 0.6 is 11.6 Å². The molecule has 9 heteroatoms. The fourth-order valence-corrected chi connectivity index (χ4v) is 3.99. The molecule has 3 heterocycles. The van der Waals surface area contributed by atoms with Gasteiger partial charge in [-0.3, -0.25) is 9.59 Å². The first kappa shape index (κ1) is 17.1. The Morgan fingerprint density at radius 1 is 1.27 bits per heavy atom. The second kappa shape index (κ2) is 6.14. The van der Waals surface area contributed by atoms with Crippen LogP contribution in [0.25, 0.3) is 22.0 Å². The minimum absolute atomic E-state index is 0.0756. The van der Waals surface area contributed by atoms with Gasteiger partial charge in [-0.2, -0.15) is 5.16 Å². The fourth-order valence-electron chi connectivity index (χ4n) is 3.58. The molecule has 4 rings (SSSR count). The van der Waals surface area contributed by atoms with E-state index in [4.69, 9.17) is 16.1 Å². The zero-order valence-corrected chi connectivity index (χ0v) is 15.2. The number of aryl methyl sites for hydroxylation is 1. The lowest BCUT2D eigenvalue weighted by Crippen LogP contribution is -2.45. The maximum Gasteiger partial charge on any atom is 0.293 e. The minimum atomic E-state index is -0.631. The van der Waals surface area contributed by atoms with E-state index in [9.17, 15) is 14.0 Å². The maximum atomic E-state index is 14.9. The summed E-state index contributed by atoms with van der Waals surface area (Å²) in [5, 5.41) is 2.29. The number of aromatic amines is 1. The van der Waals surface area contributed by atoms with Gasteiger partial charge in [-0.05, 0) is 20.0 Å². The highest BCUT2D eigenvalue weighted by molar-refractivity contribution is 6.38. The predicted octanol–water partition coefficient (Wildman–Crippen LogP) is 2.00.